The van der Waals surface area contributed by atoms with Crippen molar-refractivity contribution < 1.29 is 4.42 Å². The molecule has 11 aromatic rings. The van der Waals surface area contributed by atoms with Crippen LogP contribution in [0.15, 0.2) is 192 Å². The Morgan fingerprint density at radius 3 is 1.36 bits per heavy atom. The van der Waals surface area contributed by atoms with Gasteiger partial charge in [0, 0.05) is 33.0 Å². The average Bonchev–Trinajstić information content (AvgIpc) is 3.65. The van der Waals surface area contributed by atoms with Crippen LogP contribution >= 0.6 is 0 Å². The molecule has 0 N–H and O–H groups in total. The summed E-state index contributed by atoms with van der Waals surface area (Å²) in [6.45, 7) is 0. The molecule has 0 spiro atoms. The van der Waals surface area contributed by atoms with Crippen LogP contribution in [-0.4, -0.2) is 15.0 Å². The highest BCUT2D eigenvalue weighted by Gasteiger charge is 2.18. The standard InChI is InChI=1S/C51H31N3O/c1-3-12-32(13-4-1)33-22-24-35(25-23-33)50-52-49(34-14-5-2-6-15-34)53-51(54-50)37-27-29-47-46(31-37)44-21-11-20-38(48(44)55-47)36-26-28-43-41-18-8-7-16-39(41)40-17-9-10-19-42(40)45(43)30-36/h1-31H. The van der Waals surface area contributed by atoms with Gasteiger partial charge in [0.1, 0.15) is 11.2 Å². The first-order valence-corrected chi connectivity index (χ1v) is 18.5. The number of rotatable bonds is 5. The number of nitrogens with zero attached hydrogens (tertiary/aromatic N) is 3. The summed E-state index contributed by atoms with van der Waals surface area (Å²) >= 11 is 0. The van der Waals surface area contributed by atoms with E-state index in [1.54, 1.807) is 0 Å². The van der Waals surface area contributed by atoms with Crippen LogP contribution in [0, 0.1) is 0 Å². The third-order valence-corrected chi connectivity index (χ3v) is 10.7. The maximum Gasteiger partial charge on any atom is 0.164 e. The van der Waals surface area contributed by atoms with E-state index >= 15 is 0 Å². The molecular formula is C51H31N3O. The van der Waals surface area contributed by atoms with E-state index in [4.69, 9.17) is 19.4 Å². The summed E-state index contributed by atoms with van der Waals surface area (Å²) in [5, 5.41) is 9.59. The van der Waals surface area contributed by atoms with Crippen molar-refractivity contribution in [3.8, 4) is 56.4 Å². The fourth-order valence-corrected chi connectivity index (χ4v) is 8.03. The molecule has 9 aromatic carbocycles. The van der Waals surface area contributed by atoms with Crippen molar-refractivity contribution in [2.45, 2.75) is 0 Å². The minimum absolute atomic E-state index is 0.608. The molecule has 55 heavy (non-hydrogen) atoms. The highest BCUT2D eigenvalue weighted by Crippen LogP contribution is 2.41. The molecule has 4 heteroatoms. The molecular weight excluding hydrogens is 671 g/mol. The second-order valence-corrected chi connectivity index (χ2v) is 14.0. The van der Waals surface area contributed by atoms with Gasteiger partial charge in [0.2, 0.25) is 0 Å². The number of hydrogen-bond donors (Lipinski definition) is 0. The molecule has 0 aliphatic carbocycles. The van der Waals surface area contributed by atoms with E-state index in [0.717, 1.165) is 55.3 Å². The van der Waals surface area contributed by atoms with Crippen LogP contribution < -0.4 is 0 Å². The summed E-state index contributed by atoms with van der Waals surface area (Å²) in [4.78, 5) is 15.0. The minimum Gasteiger partial charge on any atom is -0.455 e. The molecule has 4 nitrogen and oxygen atoms in total. The van der Waals surface area contributed by atoms with Crippen LogP contribution in [0.5, 0.6) is 0 Å². The molecule has 0 saturated heterocycles. The van der Waals surface area contributed by atoms with Crippen LogP contribution in [0.4, 0.5) is 0 Å². The molecule has 0 aliphatic heterocycles. The zero-order chi connectivity index (χ0) is 36.3. The summed E-state index contributed by atoms with van der Waals surface area (Å²) in [6.07, 6.45) is 0. The Bertz CT molecular complexity index is 3210. The van der Waals surface area contributed by atoms with Gasteiger partial charge in [-0.1, -0.05) is 164 Å². The van der Waals surface area contributed by atoms with Crippen molar-refractivity contribution in [2.24, 2.45) is 0 Å². The van der Waals surface area contributed by atoms with Gasteiger partial charge in [-0.05, 0) is 73.3 Å². The largest absolute Gasteiger partial charge is 0.455 e. The summed E-state index contributed by atoms with van der Waals surface area (Å²) in [5.74, 6) is 1.86. The summed E-state index contributed by atoms with van der Waals surface area (Å²) in [6, 6.07) is 65.7. The zero-order valence-corrected chi connectivity index (χ0v) is 29.6. The Morgan fingerprint density at radius 1 is 0.273 bits per heavy atom. The number of benzene rings is 9. The van der Waals surface area contributed by atoms with Gasteiger partial charge < -0.3 is 4.42 Å². The smallest absolute Gasteiger partial charge is 0.164 e. The molecule has 256 valence electrons. The lowest BCUT2D eigenvalue weighted by molar-refractivity contribution is 0.670. The van der Waals surface area contributed by atoms with Crippen LogP contribution in [0.1, 0.15) is 0 Å². The minimum atomic E-state index is 0.608. The molecule has 0 aliphatic rings. The highest BCUT2D eigenvalue weighted by molar-refractivity contribution is 6.26. The van der Waals surface area contributed by atoms with Crippen LogP contribution in [-0.2, 0) is 0 Å². The zero-order valence-electron chi connectivity index (χ0n) is 29.6. The summed E-state index contributed by atoms with van der Waals surface area (Å²) < 4.78 is 6.68. The summed E-state index contributed by atoms with van der Waals surface area (Å²) in [5.41, 5.74) is 8.92. The quantitative estimate of drug-likeness (QED) is 0.168. The lowest BCUT2D eigenvalue weighted by atomic mass is 9.92. The highest BCUT2D eigenvalue weighted by atomic mass is 16.3. The van der Waals surface area contributed by atoms with Gasteiger partial charge >= 0.3 is 0 Å². The lowest BCUT2D eigenvalue weighted by Gasteiger charge is -2.12. The van der Waals surface area contributed by atoms with Gasteiger partial charge in [-0.15, -0.1) is 0 Å². The van der Waals surface area contributed by atoms with Gasteiger partial charge in [0.25, 0.3) is 0 Å². The molecule has 2 aromatic heterocycles. The predicted octanol–water partition coefficient (Wildman–Crippen LogP) is 13.6. The van der Waals surface area contributed by atoms with E-state index in [9.17, 15) is 0 Å². The molecule has 0 atom stereocenters. The molecule has 2 heterocycles. The van der Waals surface area contributed by atoms with Gasteiger partial charge in [0.15, 0.2) is 17.5 Å². The van der Waals surface area contributed by atoms with E-state index < -0.39 is 0 Å². The fraction of sp³-hybridized carbons (Fsp3) is 0. The van der Waals surface area contributed by atoms with E-state index in [0.29, 0.717) is 17.5 Å². The molecule has 0 fully saturated rings. The Balaban J connectivity index is 1.04. The average molecular weight is 702 g/mol. The van der Waals surface area contributed by atoms with Gasteiger partial charge in [-0.2, -0.15) is 0 Å². The molecule has 0 radical (unpaired) electrons. The third-order valence-electron chi connectivity index (χ3n) is 10.7. The predicted molar refractivity (Wildman–Crippen MR) is 227 cm³/mol. The van der Waals surface area contributed by atoms with Crippen LogP contribution in [0.25, 0.3) is 111 Å². The first-order valence-electron chi connectivity index (χ1n) is 18.5. The van der Waals surface area contributed by atoms with Crippen LogP contribution in [0.3, 0.4) is 0 Å². The maximum atomic E-state index is 6.68. The molecule has 0 amide bonds. The number of aromatic nitrogens is 3. The van der Waals surface area contributed by atoms with E-state index in [1.165, 1.54) is 37.9 Å². The SMILES string of the molecule is c1ccc(-c2ccc(-c3nc(-c4ccccc4)nc(-c4ccc5oc6c(-c7ccc8c9ccccc9c9ccccc9c8c7)cccc6c5c4)n3)cc2)cc1. The van der Waals surface area contributed by atoms with E-state index in [2.05, 4.69) is 140 Å². The Kier molecular flexibility index (Phi) is 7.14. The van der Waals surface area contributed by atoms with Gasteiger partial charge in [0.05, 0.1) is 0 Å². The molecule has 11 rings (SSSR count). The van der Waals surface area contributed by atoms with Crippen molar-refractivity contribution in [2.75, 3.05) is 0 Å². The van der Waals surface area contributed by atoms with Crippen molar-refractivity contribution in [3.05, 3.63) is 188 Å². The van der Waals surface area contributed by atoms with Crippen molar-refractivity contribution in [3.63, 3.8) is 0 Å². The summed E-state index contributed by atoms with van der Waals surface area (Å²) in [7, 11) is 0. The molecule has 0 saturated carbocycles. The van der Waals surface area contributed by atoms with Gasteiger partial charge in [-0.25, -0.2) is 15.0 Å². The Labute approximate surface area is 317 Å². The van der Waals surface area contributed by atoms with Crippen molar-refractivity contribution >= 4 is 54.3 Å². The second kappa shape index (κ2) is 12.6. The van der Waals surface area contributed by atoms with Crippen molar-refractivity contribution in [1.29, 1.82) is 0 Å². The normalized spacial score (nSPS) is 11.6. The Morgan fingerprint density at radius 2 is 0.709 bits per heavy atom. The second-order valence-electron chi connectivity index (χ2n) is 14.0. The number of fused-ring (bicyclic) bond motifs is 9. The number of hydrogen-bond acceptors (Lipinski definition) is 4. The number of furan rings is 1. The monoisotopic (exact) mass is 701 g/mol. The maximum absolute atomic E-state index is 6.68. The lowest BCUT2D eigenvalue weighted by Crippen LogP contribution is -2.00. The van der Waals surface area contributed by atoms with Crippen molar-refractivity contribution in [1.82, 2.24) is 15.0 Å². The van der Waals surface area contributed by atoms with Gasteiger partial charge in [-0.3, -0.25) is 0 Å². The van der Waals surface area contributed by atoms with E-state index in [1.807, 2.05) is 48.5 Å². The first kappa shape index (κ1) is 31.1. The first-order chi connectivity index (χ1) is 27.2. The topological polar surface area (TPSA) is 51.8 Å². The molecule has 0 bridgehead atoms. The third kappa shape index (κ3) is 5.26. The Hall–Kier alpha value is -7.43. The number of para-hydroxylation sites is 1. The van der Waals surface area contributed by atoms with E-state index in [-0.39, 0.29) is 0 Å². The fourth-order valence-electron chi connectivity index (χ4n) is 8.03. The van der Waals surface area contributed by atoms with Crippen LogP contribution in [0.2, 0.25) is 0 Å². The molecule has 0 unspecified atom stereocenters.